The van der Waals surface area contributed by atoms with Crippen molar-refractivity contribution in [3.05, 3.63) is 15.9 Å². The van der Waals surface area contributed by atoms with Gasteiger partial charge in [-0.15, -0.1) is 0 Å². The fourth-order valence-corrected chi connectivity index (χ4v) is 2.73. The van der Waals surface area contributed by atoms with Crippen molar-refractivity contribution in [1.82, 2.24) is 15.2 Å². The van der Waals surface area contributed by atoms with Crippen LogP contribution in [0.4, 0.5) is 0 Å². The Kier molecular flexibility index (Phi) is 5.82. The number of hydrazine groups is 1. The molecule has 0 fully saturated rings. The SMILES string of the molecule is CCn1nc(C)c(Br)c1CC(CSC)NN. The molecule has 92 valence electrons. The second-order valence-electron chi connectivity index (χ2n) is 3.68. The highest BCUT2D eigenvalue weighted by Crippen LogP contribution is 2.22. The lowest BCUT2D eigenvalue weighted by atomic mass is 10.2. The molecule has 0 bridgehead atoms. The van der Waals surface area contributed by atoms with Gasteiger partial charge in [-0.3, -0.25) is 16.0 Å². The van der Waals surface area contributed by atoms with Crippen LogP contribution in [0.2, 0.25) is 0 Å². The van der Waals surface area contributed by atoms with Gasteiger partial charge in [0.1, 0.15) is 0 Å². The van der Waals surface area contributed by atoms with Gasteiger partial charge in [0.2, 0.25) is 0 Å². The first-order valence-electron chi connectivity index (χ1n) is 5.30. The summed E-state index contributed by atoms with van der Waals surface area (Å²) in [6.45, 7) is 5.00. The first-order valence-corrected chi connectivity index (χ1v) is 7.49. The summed E-state index contributed by atoms with van der Waals surface area (Å²) in [5, 5.41) is 4.47. The second-order valence-corrected chi connectivity index (χ2v) is 5.39. The highest BCUT2D eigenvalue weighted by atomic mass is 79.9. The average molecular weight is 307 g/mol. The third-order valence-electron chi connectivity index (χ3n) is 2.50. The van der Waals surface area contributed by atoms with Crippen LogP contribution in [0.15, 0.2) is 4.47 Å². The van der Waals surface area contributed by atoms with Gasteiger partial charge in [-0.05, 0) is 36.0 Å². The monoisotopic (exact) mass is 306 g/mol. The summed E-state index contributed by atoms with van der Waals surface area (Å²) in [4.78, 5) is 0. The van der Waals surface area contributed by atoms with E-state index in [0.29, 0.717) is 0 Å². The Labute approximate surface area is 109 Å². The fraction of sp³-hybridized carbons (Fsp3) is 0.700. The maximum absolute atomic E-state index is 5.55. The number of thioether (sulfide) groups is 1. The summed E-state index contributed by atoms with van der Waals surface area (Å²) in [5.74, 6) is 6.54. The predicted molar refractivity (Wildman–Crippen MR) is 73.5 cm³/mol. The molecule has 0 radical (unpaired) electrons. The van der Waals surface area contributed by atoms with Gasteiger partial charge in [-0.2, -0.15) is 16.9 Å². The number of nitrogens with two attached hydrogens (primary N) is 1. The molecular weight excluding hydrogens is 288 g/mol. The summed E-state index contributed by atoms with van der Waals surface area (Å²) < 4.78 is 3.14. The highest BCUT2D eigenvalue weighted by Gasteiger charge is 2.16. The molecule has 0 amide bonds. The minimum Gasteiger partial charge on any atom is -0.271 e. The second kappa shape index (κ2) is 6.64. The van der Waals surface area contributed by atoms with E-state index in [9.17, 15) is 0 Å². The van der Waals surface area contributed by atoms with Gasteiger partial charge in [-0.1, -0.05) is 0 Å². The van der Waals surface area contributed by atoms with Crippen LogP contribution in [0, 0.1) is 6.92 Å². The van der Waals surface area contributed by atoms with E-state index in [1.54, 1.807) is 11.8 Å². The van der Waals surface area contributed by atoms with Crippen LogP contribution >= 0.6 is 27.7 Å². The number of nitrogens with one attached hydrogen (secondary N) is 1. The van der Waals surface area contributed by atoms with E-state index in [1.165, 1.54) is 5.69 Å². The van der Waals surface area contributed by atoms with E-state index in [0.717, 1.165) is 28.9 Å². The van der Waals surface area contributed by atoms with Crippen molar-refractivity contribution in [2.75, 3.05) is 12.0 Å². The molecule has 16 heavy (non-hydrogen) atoms. The zero-order valence-corrected chi connectivity index (χ0v) is 12.4. The first kappa shape index (κ1) is 14.0. The standard InChI is InChI=1S/C10H19BrN4S/c1-4-15-9(10(11)7(2)14-15)5-8(13-12)6-16-3/h8,13H,4-6,12H2,1-3H3. The quantitative estimate of drug-likeness (QED) is 0.620. The van der Waals surface area contributed by atoms with E-state index in [4.69, 9.17) is 5.84 Å². The maximum Gasteiger partial charge on any atom is 0.0738 e. The minimum atomic E-state index is 0.285. The summed E-state index contributed by atoms with van der Waals surface area (Å²) in [7, 11) is 0. The first-order chi connectivity index (χ1) is 7.63. The zero-order chi connectivity index (χ0) is 12.1. The van der Waals surface area contributed by atoms with E-state index in [1.807, 2.05) is 11.6 Å². The Morgan fingerprint density at radius 1 is 1.62 bits per heavy atom. The van der Waals surface area contributed by atoms with Crippen molar-refractivity contribution in [1.29, 1.82) is 0 Å². The van der Waals surface area contributed by atoms with Crippen LogP contribution in [0.3, 0.4) is 0 Å². The van der Waals surface area contributed by atoms with Crippen molar-refractivity contribution < 1.29 is 0 Å². The molecule has 1 unspecified atom stereocenters. The van der Waals surface area contributed by atoms with Crippen LogP contribution in [0.5, 0.6) is 0 Å². The van der Waals surface area contributed by atoms with Gasteiger partial charge >= 0.3 is 0 Å². The lowest BCUT2D eigenvalue weighted by Crippen LogP contribution is -2.39. The molecule has 0 aliphatic carbocycles. The van der Waals surface area contributed by atoms with Gasteiger partial charge in [0.15, 0.2) is 0 Å². The summed E-state index contributed by atoms with van der Waals surface area (Å²) >= 11 is 5.38. The van der Waals surface area contributed by atoms with Crippen LogP contribution in [-0.4, -0.2) is 27.8 Å². The third kappa shape index (κ3) is 3.23. The summed E-state index contributed by atoms with van der Waals surface area (Å²) in [6, 6.07) is 0.285. The van der Waals surface area contributed by atoms with E-state index in [-0.39, 0.29) is 6.04 Å². The van der Waals surface area contributed by atoms with Crippen molar-refractivity contribution >= 4 is 27.7 Å². The zero-order valence-electron chi connectivity index (χ0n) is 9.96. The van der Waals surface area contributed by atoms with Gasteiger partial charge in [-0.25, -0.2) is 0 Å². The molecule has 0 saturated carbocycles. The van der Waals surface area contributed by atoms with Gasteiger partial charge in [0.25, 0.3) is 0 Å². The molecule has 0 spiro atoms. The summed E-state index contributed by atoms with van der Waals surface area (Å²) in [6.07, 6.45) is 2.98. The number of rotatable bonds is 6. The lowest BCUT2D eigenvalue weighted by molar-refractivity contribution is 0.533. The van der Waals surface area contributed by atoms with Crippen LogP contribution in [0.1, 0.15) is 18.3 Å². The predicted octanol–water partition coefficient (Wildman–Crippen LogP) is 1.71. The van der Waals surface area contributed by atoms with Crippen LogP contribution in [0.25, 0.3) is 0 Å². The molecule has 1 rings (SSSR count). The Morgan fingerprint density at radius 2 is 2.31 bits per heavy atom. The summed E-state index contributed by atoms with van der Waals surface area (Å²) in [5.41, 5.74) is 5.11. The Bertz CT molecular complexity index is 340. The molecule has 0 aliphatic rings. The fourth-order valence-electron chi connectivity index (χ4n) is 1.66. The molecule has 3 N–H and O–H groups in total. The molecule has 1 heterocycles. The molecule has 0 aliphatic heterocycles. The number of hydrogen-bond acceptors (Lipinski definition) is 4. The topological polar surface area (TPSA) is 55.9 Å². The third-order valence-corrected chi connectivity index (χ3v) is 4.26. The van der Waals surface area contributed by atoms with Gasteiger partial charge in [0.05, 0.1) is 15.9 Å². The van der Waals surface area contributed by atoms with Crippen molar-refractivity contribution in [3.63, 3.8) is 0 Å². The smallest absolute Gasteiger partial charge is 0.0738 e. The van der Waals surface area contributed by atoms with E-state index < -0.39 is 0 Å². The van der Waals surface area contributed by atoms with Crippen molar-refractivity contribution in [2.45, 2.75) is 32.9 Å². The molecule has 4 nitrogen and oxygen atoms in total. The Balaban J connectivity index is 2.85. The van der Waals surface area contributed by atoms with Crippen LogP contribution < -0.4 is 11.3 Å². The molecular formula is C10H19BrN4S. The van der Waals surface area contributed by atoms with E-state index in [2.05, 4.69) is 39.6 Å². The molecule has 0 aromatic carbocycles. The highest BCUT2D eigenvalue weighted by molar-refractivity contribution is 9.10. The molecule has 1 aromatic rings. The molecule has 6 heteroatoms. The van der Waals surface area contributed by atoms with Gasteiger partial charge < -0.3 is 0 Å². The Morgan fingerprint density at radius 3 is 2.81 bits per heavy atom. The number of aromatic nitrogens is 2. The average Bonchev–Trinajstić information content (AvgIpc) is 2.55. The van der Waals surface area contributed by atoms with Crippen molar-refractivity contribution in [3.8, 4) is 0 Å². The van der Waals surface area contributed by atoms with Crippen LogP contribution in [-0.2, 0) is 13.0 Å². The number of hydrogen-bond donors (Lipinski definition) is 2. The molecule has 1 aromatic heterocycles. The van der Waals surface area contributed by atoms with Crippen molar-refractivity contribution in [2.24, 2.45) is 5.84 Å². The number of aryl methyl sites for hydroxylation is 2. The van der Waals surface area contributed by atoms with E-state index >= 15 is 0 Å². The lowest BCUT2D eigenvalue weighted by Gasteiger charge is -2.15. The molecule has 0 saturated heterocycles. The van der Waals surface area contributed by atoms with Gasteiger partial charge in [0, 0.05) is 24.8 Å². The normalized spacial score (nSPS) is 13.1. The number of halogens is 1. The number of nitrogens with zero attached hydrogens (tertiary/aromatic N) is 2. The minimum absolute atomic E-state index is 0.285. The maximum atomic E-state index is 5.55. The molecule has 1 atom stereocenters. The Hall–Kier alpha value is -0.0400. The largest absolute Gasteiger partial charge is 0.271 e.